The van der Waals surface area contributed by atoms with Crippen molar-refractivity contribution < 1.29 is 7.56 Å². The Morgan fingerprint density at radius 3 is 1.07 bits per heavy atom. The van der Waals surface area contributed by atoms with E-state index in [2.05, 4.69) is 27.7 Å². The van der Waals surface area contributed by atoms with E-state index in [0.29, 0.717) is 0 Å². The van der Waals surface area contributed by atoms with Gasteiger partial charge in [-0.15, -0.1) is 0 Å². The zero-order valence-corrected chi connectivity index (χ0v) is 16.8. The van der Waals surface area contributed by atoms with Crippen LogP contribution < -0.4 is 0 Å². The van der Waals surface area contributed by atoms with Crippen LogP contribution >= 0.6 is 0 Å². The van der Waals surface area contributed by atoms with Crippen LogP contribution in [0.4, 0.5) is 0 Å². The molecule has 0 aliphatic carbocycles. The fourth-order valence-corrected chi connectivity index (χ4v) is 39.2. The fourth-order valence-electron chi connectivity index (χ4n) is 1.79. The molecule has 0 radical (unpaired) electrons. The monoisotopic (exact) mass is 434 g/mol. The van der Waals surface area contributed by atoms with Gasteiger partial charge in [-0.3, -0.25) is 0 Å². The van der Waals surface area contributed by atoms with Crippen LogP contribution in [0.3, 0.4) is 0 Å². The third-order valence-electron chi connectivity index (χ3n) is 3.27. The minimum absolute atomic E-state index is 1.09. The quantitative estimate of drug-likeness (QED) is 0.552. The molecule has 0 aliphatic rings. The van der Waals surface area contributed by atoms with E-state index in [4.69, 9.17) is 7.56 Å². The van der Waals surface area contributed by atoms with E-state index in [9.17, 15) is 0 Å². The van der Waals surface area contributed by atoms with Gasteiger partial charge >= 0.3 is 106 Å². The Bertz CT molecular complexity index is 134. The topological polar surface area (TPSA) is 27.7 Å². The molecule has 0 bridgehead atoms. The van der Waals surface area contributed by atoms with Gasteiger partial charge in [0.25, 0.3) is 0 Å². The van der Waals surface area contributed by atoms with Gasteiger partial charge in [-0.25, -0.2) is 0 Å². The molecular weight excluding hydrogens is 406 g/mol. The molecule has 0 atom stereocenters. The van der Waals surface area contributed by atoms with Crippen molar-refractivity contribution in [2.75, 3.05) is 14.2 Å². The average molecular weight is 432 g/mol. The first kappa shape index (κ1) is 16.5. The van der Waals surface area contributed by atoms with E-state index >= 15 is 0 Å². The summed E-state index contributed by atoms with van der Waals surface area (Å²) >= 11 is -5.46. The second-order valence-corrected chi connectivity index (χ2v) is 29.0. The van der Waals surface area contributed by atoms with E-state index < -0.39 is 38.4 Å². The Kier molecular flexibility index (Phi) is 8.50. The number of rotatable bonds is 8. The molecule has 15 heavy (non-hydrogen) atoms. The van der Waals surface area contributed by atoms with Gasteiger partial charge in [0.1, 0.15) is 0 Å². The summed E-state index contributed by atoms with van der Waals surface area (Å²) in [5, 5.41) is 0. The van der Waals surface area contributed by atoms with Crippen LogP contribution in [-0.4, -0.2) is 52.6 Å². The van der Waals surface area contributed by atoms with Crippen molar-refractivity contribution in [3.8, 4) is 0 Å². The Morgan fingerprint density at radius 1 is 0.667 bits per heavy atom. The molecule has 0 aliphatic heterocycles. The first-order chi connectivity index (χ1) is 7.07. The molecule has 3 nitrogen and oxygen atoms in total. The summed E-state index contributed by atoms with van der Waals surface area (Å²) in [6.07, 6.45) is 0. The van der Waals surface area contributed by atoms with Gasteiger partial charge in [0.2, 0.25) is 0 Å². The molecule has 0 saturated heterocycles. The molecule has 0 aromatic rings. The fraction of sp³-hybridized carbons (Fsp3) is 1.00. The molecule has 5 heteroatoms. The van der Waals surface area contributed by atoms with E-state index in [-0.39, 0.29) is 0 Å². The Labute approximate surface area is 105 Å². The standard InChI is InChI=1S/4C2H5.2CH3O.O.2Sn/c6*1-2;;;/h4*1H2,2H3;2*1H3;;;/q;;;;2*-1;;2*+1. The van der Waals surface area contributed by atoms with Gasteiger partial charge in [-0.1, -0.05) is 0 Å². The van der Waals surface area contributed by atoms with Crippen molar-refractivity contribution in [1.29, 1.82) is 0 Å². The van der Waals surface area contributed by atoms with Crippen LogP contribution in [0.1, 0.15) is 27.7 Å². The molecule has 0 amide bonds. The normalized spacial score (nSPS) is 13.2. The predicted octanol–water partition coefficient (Wildman–Crippen LogP) is 3.26. The second-order valence-electron chi connectivity index (χ2n) is 3.75. The molecule has 0 fully saturated rings. The summed E-state index contributed by atoms with van der Waals surface area (Å²) in [5.74, 6) is 0. The van der Waals surface area contributed by atoms with Crippen molar-refractivity contribution in [2.24, 2.45) is 0 Å². The van der Waals surface area contributed by atoms with Crippen molar-refractivity contribution >= 4 is 38.4 Å². The molecule has 0 aromatic heterocycles. The molecule has 0 N–H and O–H groups in total. The van der Waals surface area contributed by atoms with Gasteiger partial charge in [-0.05, 0) is 0 Å². The first-order valence-electron chi connectivity index (χ1n) is 5.88. The molecule has 0 unspecified atom stereocenters. The van der Waals surface area contributed by atoms with Crippen LogP contribution in [0, 0.1) is 0 Å². The third-order valence-corrected chi connectivity index (χ3v) is 36.2. The first-order valence-corrected chi connectivity index (χ1v) is 18.6. The molecule has 0 spiro atoms. The van der Waals surface area contributed by atoms with Gasteiger partial charge in [-0.2, -0.15) is 0 Å². The van der Waals surface area contributed by atoms with Crippen LogP contribution in [-0.2, 0) is 7.56 Å². The van der Waals surface area contributed by atoms with E-state index in [1.807, 2.05) is 14.2 Å². The molecule has 0 aromatic carbocycles. The minimum atomic E-state index is -2.73. The summed E-state index contributed by atoms with van der Waals surface area (Å²) in [7, 11) is 3.64. The Morgan fingerprint density at radius 2 is 0.933 bits per heavy atom. The summed E-state index contributed by atoms with van der Waals surface area (Å²) in [6, 6.07) is 0. The van der Waals surface area contributed by atoms with E-state index in [0.717, 1.165) is 17.7 Å². The Hall–Kier alpha value is 1.48. The van der Waals surface area contributed by atoms with Gasteiger partial charge < -0.3 is 0 Å². The Balaban J connectivity index is 4.74. The SMILES string of the molecule is C[CH2][Sn]([CH2]C)([O]C)[O][Sn]([CH2]C)([CH2]C)[O]C. The van der Waals surface area contributed by atoms with Crippen molar-refractivity contribution in [2.45, 2.75) is 45.4 Å². The summed E-state index contributed by atoms with van der Waals surface area (Å²) in [4.78, 5) is 0. The molecule has 92 valence electrons. The molecule has 0 saturated carbocycles. The number of hydrogen-bond donors (Lipinski definition) is 0. The van der Waals surface area contributed by atoms with Crippen molar-refractivity contribution in [3.05, 3.63) is 0 Å². The van der Waals surface area contributed by atoms with Crippen LogP contribution in [0.15, 0.2) is 0 Å². The third kappa shape index (κ3) is 4.33. The maximum atomic E-state index is 6.50. The number of hydrogen-bond acceptors (Lipinski definition) is 3. The van der Waals surface area contributed by atoms with Crippen LogP contribution in [0.5, 0.6) is 0 Å². The summed E-state index contributed by atoms with van der Waals surface area (Å²) < 4.78 is 22.4. The summed E-state index contributed by atoms with van der Waals surface area (Å²) in [6.45, 7) is 8.78. The predicted molar refractivity (Wildman–Crippen MR) is 68.5 cm³/mol. The second kappa shape index (κ2) is 7.74. The molecule has 0 rings (SSSR count). The van der Waals surface area contributed by atoms with Crippen molar-refractivity contribution in [3.63, 3.8) is 0 Å². The van der Waals surface area contributed by atoms with E-state index in [1.165, 1.54) is 0 Å². The van der Waals surface area contributed by atoms with Crippen LogP contribution in [0.2, 0.25) is 17.7 Å². The van der Waals surface area contributed by atoms with Gasteiger partial charge in [0, 0.05) is 0 Å². The summed E-state index contributed by atoms with van der Waals surface area (Å²) in [5.41, 5.74) is 0. The zero-order valence-electron chi connectivity index (χ0n) is 11.1. The van der Waals surface area contributed by atoms with Crippen molar-refractivity contribution in [1.82, 2.24) is 0 Å². The molecular formula is C10H26O3Sn2. The zero-order chi connectivity index (χ0) is 11.9. The average Bonchev–Trinajstić information content (AvgIpc) is 2.33. The van der Waals surface area contributed by atoms with E-state index in [1.54, 1.807) is 0 Å². The van der Waals surface area contributed by atoms with Gasteiger partial charge in [0.15, 0.2) is 0 Å². The maximum absolute atomic E-state index is 6.50. The molecule has 0 heterocycles. The van der Waals surface area contributed by atoms with Crippen LogP contribution in [0.25, 0.3) is 0 Å². The van der Waals surface area contributed by atoms with Gasteiger partial charge in [0.05, 0.1) is 0 Å².